The lowest BCUT2D eigenvalue weighted by molar-refractivity contribution is -0.117. The van der Waals surface area contributed by atoms with Crippen molar-refractivity contribution in [3.05, 3.63) is 52.8 Å². The summed E-state index contributed by atoms with van der Waals surface area (Å²) in [5, 5.41) is 11.9. The van der Waals surface area contributed by atoms with Crippen molar-refractivity contribution in [1.82, 2.24) is 10.2 Å². The summed E-state index contributed by atoms with van der Waals surface area (Å²) in [5.74, 6) is 0.0459. The molecule has 0 bridgehead atoms. The lowest BCUT2D eigenvalue weighted by atomic mass is 10.1. The standard InChI is InChI=1S/C22H21FN4O5S/c1-30-16-8-12(9-17(31-2)19(16)32-3)20(29)24-22-26-25-21(33-22)13-10-18(28)27(11-13)15-6-4-14(23)5-7-15/h4-9,13H,10-11H2,1-3H3,(H,24,26,29). The second-order valence-corrected chi connectivity index (χ2v) is 8.20. The summed E-state index contributed by atoms with van der Waals surface area (Å²) in [6.45, 7) is 0.403. The Morgan fingerprint density at radius 1 is 1.09 bits per heavy atom. The number of nitrogens with zero attached hydrogens (tertiary/aromatic N) is 3. The molecule has 0 saturated carbocycles. The SMILES string of the molecule is COc1cc(C(=O)Nc2nnc(C3CC(=O)N(c4ccc(F)cc4)C3)s2)cc(OC)c1OC. The lowest BCUT2D eigenvalue weighted by Crippen LogP contribution is -2.24. The highest BCUT2D eigenvalue weighted by Crippen LogP contribution is 2.39. The summed E-state index contributed by atoms with van der Waals surface area (Å²) in [7, 11) is 4.41. The molecule has 9 nitrogen and oxygen atoms in total. The molecule has 1 fully saturated rings. The van der Waals surface area contributed by atoms with Crippen LogP contribution in [0.5, 0.6) is 17.2 Å². The van der Waals surface area contributed by atoms with Gasteiger partial charge in [-0.15, -0.1) is 10.2 Å². The van der Waals surface area contributed by atoms with E-state index in [0.29, 0.717) is 45.2 Å². The first-order valence-corrected chi connectivity index (χ1v) is 10.8. The van der Waals surface area contributed by atoms with Crippen LogP contribution in [0.3, 0.4) is 0 Å². The summed E-state index contributed by atoms with van der Waals surface area (Å²) >= 11 is 1.20. The number of nitrogens with one attached hydrogen (secondary N) is 1. The Morgan fingerprint density at radius 2 is 1.76 bits per heavy atom. The fourth-order valence-corrected chi connectivity index (χ4v) is 4.40. The zero-order chi connectivity index (χ0) is 23.5. The molecule has 3 aromatic rings. The monoisotopic (exact) mass is 472 g/mol. The van der Waals surface area contributed by atoms with Gasteiger partial charge in [0.05, 0.1) is 21.3 Å². The van der Waals surface area contributed by atoms with Crippen molar-refractivity contribution in [2.45, 2.75) is 12.3 Å². The number of carbonyl (C=O) groups is 2. The molecule has 2 amide bonds. The van der Waals surface area contributed by atoms with Gasteiger partial charge < -0.3 is 19.1 Å². The predicted molar refractivity (Wildman–Crippen MR) is 120 cm³/mol. The number of aromatic nitrogens is 2. The second kappa shape index (κ2) is 9.41. The molecule has 0 aliphatic carbocycles. The third kappa shape index (κ3) is 4.58. The molecule has 1 aromatic heterocycles. The smallest absolute Gasteiger partial charge is 0.257 e. The lowest BCUT2D eigenvalue weighted by Gasteiger charge is -2.16. The molecule has 1 saturated heterocycles. The Kier molecular flexibility index (Phi) is 6.40. The molecule has 0 radical (unpaired) electrons. The van der Waals surface area contributed by atoms with Gasteiger partial charge in [-0.3, -0.25) is 14.9 Å². The first kappa shape index (κ1) is 22.5. The summed E-state index contributed by atoms with van der Waals surface area (Å²) in [6.07, 6.45) is 0.257. The predicted octanol–water partition coefficient (Wildman–Crippen LogP) is 3.48. The van der Waals surface area contributed by atoms with Crippen LogP contribution in [0.15, 0.2) is 36.4 Å². The Bertz CT molecular complexity index is 1160. The van der Waals surface area contributed by atoms with E-state index >= 15 is 0 Å². The topological polar surface area (TPSA) is 103 Å². The molecule has 1 N–H and O–H groups in total. The fraction of sp³-hybridized carbons (Fsp3) is 0.273. The number of methoxy groups -OCH3 is 3. The van der Waals surface area contributed by atoms with E-state index in [1.165, 1.54) is 56.9 Å². The molecule has 2 aromatic carbocycles. The molecular formula is C22H21FN4O5S. The number of anilines is 2. The van der Waals surface area contributed by atoms with Crippen molar-refractivity contribution < 1.29 is 28.2 Å². The van der Waals surface area contributed by atoms with E-state index in [0.717, 1.165) is 0 Å². The molecule has 172 valence electrons. The zero-order valence-corrected chi connectivity index (χ0v) is 18.9. The third-order valence-corrected chi connectivity index (χ3v) is 6.20. The summed E-state index contributed by atoms with van der Waals surface area (Å²) in [6, 6.07) is 8.84. The summed E-state index contributed by atoms with van der Waals surface area (Å²) in [4.78, 5) is 26.8. The van der Waals surface area contributed by atoms with Gasteiger partial charge in [0.2, 0.25) is 16.8 Å². The average molecular weight is 472 g/mol. The highest BCUT2D eigenvalue weighted by molar-refractivity contribution is 7.15. The van der Waals surface area contributed by atoms with Crippen molar-refractivity contribution in [1.29, 1.82) is 0 Å². The molecule has 1 atom stereocenters. The molecule has 1 aliphatic heterocycles. The molecule has 1 aliphatic rings. The highest BCUT2D eigenvalue weighted by Gasteiger charge is 2.34. The van der Waals surface area contributed by atoms with Crippen molar-refractivity contribution in [2.24, 2.45) is 0 Å². The Morgan fingerprint density at radius 3 is 2.36 bits per heavy atom. The first-order valence-electron chi connectivity index (χ1n) is 9.94. The van der Waals surface area contributed by atoms with E-state index in [9.17, 15) is 14.0 Å². The van der Waals surface area contributed by atoms with Gasteiger partial charge in [-0.25, -0.2) is 4.39 Å². The van der Waals surface area contributed by atoms with Gasteiger partial charge in [0.15, 0.2) is 11.5 Å². The number of hydrogen-bond donors (Lipinski definition) is 1. The second-order valence-electron chi connectivity index (χ2n) is 7.20. The van der Waals surface area contributed by atoms with E-state index in [2.05, 4.69) is 15.5 Å². The number of rotatable bonds is 7. The van der Waals surface area contributed by atoms with Crippen molar-refractivity contribution >= 4 is 34.0 Å². The maximum atomic E-state index is 13.2. The molecule has 11 heteroatoms. The van der Waals surface area contributed by atoms with Gasteiger partial charge in [0.25, 0.3) is 5.91 Å². The van der Waals surface area contributed by atoms with Crippen LogP contribution in [0.1, 0.15) is 27.7 Å². The average Bonchev–Trinajstić information content (AvgIpc) is 3.45. The minimum atomic E-state index is -0.424. The summed E-state index contributed by atoms with van der Waals surface area (Å²) < 4.78 is 29.0. The fourth-order valence-electron chi connectivity index (χ4n) is 3.58. The number of carbonyl (C=O) groups excluding carboxylic acids is 2. The van der Waals surface area contributed by atoms with E-state index in [1.54, 1.807) is 17.0 Å². The first-order chi connectivity index (χ1) is 15.9. The van der Waals surface area contributed by atoms with E-state index < -0.39 is 5.91 Å². The van der Waals surface area contributed by atoms with Gasteiger partial charge in [-0.2, -0.15) is 0 Å². The minimum absolute atomic E-state index is 0.0789. The van der Waals surface area contributed by atoms with Crippen molar-refractivity contribution in [2.75, 3.05) is 38.1 Å². The molecule has 4 rings (SSSR count). The van der Waals surface area contributed by atoms with Crippen molar-refractivity contribution in [3.63, 3.8) is 0 Å². The molecule has 1 unspecified atom stereocenters. The molecule has 0 spiro atoms. The number of benzene rings is 2. The number of ether oxygens (including phenoxy) is 3. The number of amides is 2. The molecular weight excluding hydrogens is 451 g/mol. The maximum absolute atomic E-state index is 13.2. The normalized spacial score (nSPS) is 15.5. The Labute approximate surface area is 193 Å². The van der Waals surface area contributed by atoms with Crippen LogP contribution in [-0.4, -0.2) is 49.9 Å². The van der Waals surface area contributed by atoms with Crippen LogP contribution in [-0.2, 0) is 4.79 Å². The highest BCUT2D eigenvalue weighted by atomic mass is 32.1. The van der Waals surface area contributed by atoms with Gasteiger partial charge >= 0.3 is 0 Å². The van der Waals surface area contributed by atoms with Gasteiger partial charge in [0.1, 0.15) is 10.8 Å². The van der Waals surface area contributed by atoms with Crippen LogP contribution in [0.25, 0.3) is 0 Å². The van der Waals surface area contributed by atoms with Crippen LogP contribution >= 0.6 is 11.3 Å². The molecule has 2 heterocycles. The van der Waals surface area contributed by atoms with Crippen LogP contribution in [0.2, 0.25) is 0 Å². The van der Waals surface area contributed by atoms with E-state index in [-0.39, 0.29) is 24.1 Å². The van der Waals surface area contributed by atoms with Crippen LogP contribution in [0.4, 0.5) is 15.2 Å². The minimum Gasteiger partial charge on any atom is -0.493 e. The van der Waals surface area contributed by atoms with E-state index in [1.807, 2.05) is 0 Å². The van der Waals surface area contributed by atoms with Crippen molar-refractivity contribution in [3.8, 4) is 17.2 Å². The van der Waals surface area contributed by atoms with Gasteiger partial charge in [-0.1, -0.05) is 11.3 Å². The Balaban J connectivity index is 1.47. The zero-order valence-electron chi connectivity index (χ0n) is 18.1. The van der Waals surface area contributed by atoms with E-state index in [4.69, 9.17) is 14.2 Å². The van der Waals surface area contributed by atoms with Crippen LogP contribution in [0, 0.1) is 5.82 Å². The maximum Gasteiger partial charge on any atom is 0.257 e. The van der Waals surface area contributed by atoms with Crippen LogP contribution < -0.4 is 24.4 Å². The van der Waals surface area contributed by atoms with Gasteiger partial charge in [0, 0.05) is 30.1 Å². The summed E-state index contributed by atoms with van der Waals surface area (Å²) in [5.41, 5.74) is 0.920. The largest absolute Gasteiger partial charge is 0.493 e. The third-order valence-electron chi connectivity index (χ3n) is 5.20. The Hall–Kier alpha value is -3.73. The molecule has 33 heavy (non-hydrogen) atoms. The quantitative estimate of drug-likeness (QED) is 0.562. The van der Waals surface area contributed by atoms with Gasteiger partial charge in [-0.05, 0) is 36.4 Å². The number of hydrogen-bond acceptors (Lipinski definition) is 8. The number of halogens is 1.